The largest absolute Gasteiger partial charge is 0.331 e. The van der Waals surface area contributed by atoms with Crippen molar-refractivity contribution in [2.75, 3.05) is 16.8 Å². The van der Waals surface area contributed by atoms with E-state index in [9.17, 15) is 19.2 Å². The number of Topliss-reactive ketones (excluding diaryl/α,β-unsaturated/α-hetero) is 1. The molecule has 2 N–H and O–H groups in total. The van der Waals surface area contributed by atoms with Gasteiger partial charge in [-0.2, -0.15) is 0 Å². The second-order valence-electron chi connectivity index (χ2n) is 15.1. The molecular weight excluding hydrogens is 562 g/mol. The van der Waals surface area contributed by atoms with E-state index < -0.39 is 10.8 Å². The summed E-state index contributed by atoms with van der Waals surface area (Å²) in [5, 5.41) is 5.64. The molecule has 1 spiro atoms. The highest BCUT2D eigenvalue weighted by atomic mass is 16.2. The van der Waals surface area contributed by atoms with Crippen molar-refractivity contribution in [2.24, 2.45) is 51.8 Å². The van der Waals surface area contributed by atoms with E-state index in [0.717, 1.165) is 38.5 Å². The lowest BCUT2D eigenvalue weighted by Gasteiger charge is -2.68. The van der Waals surface area contributed by atoms with Crippen LogP contribution in [0, 0.1) is 51.8 Å². The van der Waals surface area contributed by atoms with Crippen LogP contribution in [0.1, 0.15) is 66.2 Å². The van der Waals surface area contributed by atoms with Gasteiger partial charge < -0.3 is 10.6 Å². The van der Waals surface area contributed by atoms with Gasteiger partial charge in [0.25, 0.3) is 0 Å². The van der Waals surface area contributed by atoms with E-state index >= 15 is 0 Å². The molecule has 2 aromatic rings. The number of fused-ring (bicyclic) bond motifs is 1. The molecule has 1 heterocycles. The van der Waals surface area contributed by atoms with Gasteiger partial charge in [0.2, 0.25) is 11.8 Å². The minimum atomic E-state index is -0.569. The maximum absolute atomic E-state index is 14.4. The van der Waals surface area contributed by atoms with Gasteiger partial charge in [0.15, 0.2) is 5.78 Å². The van der Waals surface area contributed by atoms with Crippen LogP contribution in [0.3, 0.4) is 0 Å². The molecule has 4 amide bonds. The van der Waals surface area contributed by atoms with Crippen LogP contribution in [0.4, 0.5) is 16.2 Å². The number of hydrogen-bond acceptors (Lipinski definition) is 4. The number of allylic oxidation sites excluding steroid dienone is 2. The van der Waals surface area contributed by atoms with Gasteiger partial charge in [-0.25, -0.2) is 4.79 Å². The number of imide groups is 1. The molecule has 6 aliphatic rings. The molecule has 236 valence electrons. The molecule has 45 heavy (non-hydrogen) atoms. The number of ketones is 1. The number of carbonyl (C=O) groups is 4. The summed E-state index contributed by atoms with van der Waals surface area (Å²) in [5.41, 5.74) is 1.57. The van der Waals surface area contributed by atoms with Gasteiger partial charge in [0, 0.05) is 16.5 Å². The minimum Gasteiger partial charge on any atom is -0.331 e. The first-order chi connectivity index (χ1) is 21.5. The highest BCUT2D eigenvalue weighted by Crippen LogP contribution is 2.74. The molecule has 8 unspecified atom stereocenters. The first kappa shape index (κ1) is 29.9. The van der Waals surface area contributed by atoms with E-state index in [1.165, 1.54) is 10.5 Å². The third-order valence-corrected chi connectivity index (χ3v) is 12.8. The van der Waals surface area contributed by atoms with Crippen molar-refractivity contribution in [3.8, 4) is 0 Å². The predicted molar refractivity (Wildman–Crippen MR) is 174 cm³/mol. The molecule has 3 saturated carbocycles. The van der Waals surface area contributed by atoms with E-state index in [0.29, 0.717) is 17.3 Å². The van der Waals surface area contributed by atoms with Gasteiger partial charge in [-0.05, 0) is 85.5 Å². The summed E-state index contributed by atoms with van der Waals surface area (Å²) in [6.07, 6.45) is 7.72. The Hall–Kier alpha value is -3.74. The van der Waals surface area contributed by atoms with Crippen LogP contribution in [0.15, 0.2) is 72.3 Å². The fourth-order valence-electron chi connectivity index (χ4n) is 10.9. The number of amides is 4. The highest BCUT2D eigenvalue weighted by Gasteiger charge is 2.73. The Bertz CT molecular complexity index is 1570. The minimum absolute atomic E-state index is 0.0126. The zero-order chi connectivity index (χ0) is 31.7. The van der Waals surface area contributed by atoms with Crippen molar-refractivity contribution in [1.29, 1.82) is 0 Å². The Morgan fingerprint density at radius 1 is 0.911 bits per heavy atom. The number of nitrogens with one attached hydrogen (secondary N) is 2. The number of carbonyl (C=O) groups excluding carboxylic acids is 4. The Kier molecular flexibility index (Phi) is 7.10. The molecule has 0 aromatic heterocycles. The summed E-state index contributed by atoms with van der Waals surface area (Å²) < 4.78 is 0. The number of rotatable bonds is 6. The van der Waals surface area contributed by atoms with Crippen molar-refractivity contribution < 1.29 is 19.2 Å². The fourth-order valence-corrected chi connectivity index (χ4v) is 10.9. The number of urea groups is 1. The molecule has 4 fully saturated rings. The van der Waals surface area contributed by atoms with Crippen LogP contribution >= 0.6 is 0 Å². The van der Waals surface area contributed by atoms with Crippen LogP contribution < -0.4 is 15.5 Å². The van der Waals surface area contributed by atoms with Crippen LogP contribution in [0.5, 0.6) is 0 Å². The summed E-state index contributed by atoms with van der Waals surface area (Å²) in [7, 11) is 0. The zero-order valence-corrected chi connectivity index (χ0v) is 26.8. The molecule has 2 bridgehead atoms. The van der Waals surface area contributed by atoms with Crippen molar-refractivity contribution >= 4 is 35.0 Å². The first-order valence-electron chi connectivity index (χ1n) is 16.8. The predicted octanol–water partition coefficient (Wildman–Crippen LogP) is 7.01. The second kappa shape index (κ2) is 10.7. The Morgan fingerprint density at radius 3 is 2.29 bits per heavy atom. The van der Waals surface area contributed by atoms with Gasteiger partial charge in [-0.15, -0.1) is 0 Å². The van der Waals surface area contributed by atoms with Crippen LogP contribution in [-0.2, 0) is 14.4 Å². The molecular formula is C38H45N3O4. The number of nitrogens with zero attached hydrogens (tertiary/aromatic N) is 1. The van der Waals surface area contributed by atoms with Crippen molar-refractivity contribution in [3.63, 3.8) is 0 Å². The van der Waals surface area contributed by atoms with Gasteiger partial charge in [0.1, 0.15) is 0 Å². The summed E-state index contributed by atoms with van der Waals surface area (Å²) in [6.45, 7) is 8.91. The molecule has 2 aromatic carbocycles. The Labute approximate surface area is 266 Å². The number of anilines is 2. The Balaban J connectivity index is 1.19. The third-order valence-electron chi connectivity index (χ3n) is 12.8. The second-order valence-corrected chi connectivity index (χ2v) is 15.1. The normalized spacial score (nSPS) is 36.6. The topological polar surface area (TPSA) is 95.6 Å². The van der Waals surface area contributed by atoms with Gasteiger partial charge in [-0.3, -0.25) is 19.3 Å². The molecule has 8 rings (SSSR count). The van der Waals surface area contributed by atoms with Crippen molar-refractivity contribution in [2.45, 2.75) is 66.2 Å². The van der Waals surface area contributed by atoms with E-state index in [4.69, 9.17) is 0 Å². The quantitative estimate of drug-likeness (QED) is 0.273. The van der Waals surface area contributed by atoms with E-state index in [-0.39, 0.29) is 65.2 Å². The monoisotopic (exact) mass is 607 g/mol. The van der Waals surface area contributed by atoms with E-state index in [2.05, 4.69) is 44.4 Å². The van der Waals surface area contributed by atoms with Crippen molar-refractivity contribution in [3.05, 3.63) is 72.3 Å². The van der Waals surface area contributed by atoms with Gasteiger partial charge in [-0.1, -0.05) is 82.2 Å². The molecule has 8 atom stereocenters. The maximum Gasteiger partial charge on any atom is 0.319 e. The summed E-state index contributed by atoms with van der Waals surface area (Å²) in [6, 6.07) is 18.3. The average Bonchev–Trinajstić information content (AvgIpc) is 3.31. The lowest BCUT2D eigenvalue weighted by Crippen LogP contribution is -2.65. The molecule has 1 saturated heterocycles. The van der Waals surface area contributed by atoms with Crippen LogP contribution in [0.25, 0.3) is 0 Å². The Morgan fingerprint density at radius 2 is 1.60 bits per heavy atom. The number of para-hydroxylation sites is 2. The molecule has 7 nitrogen and oxygen atoms in total. The highest BCUT2D eigenvalue weighted by molar-refractivity contribution is 6.23. The molecule has 7 heteroatoms. The molecule has 5 aliphatic carbocycles. The SMILES string of the molecule is CC(C)C1=CC23CCC4C(C)(C(=O)CNC(=O)Nc5ccccc5)CCCC4(C)C2CC1C1C(=O)N(c2ccccc2)C(=O)C13. The smallest absolute Gasteiger partial charge is 0.319 e. The van der Waals surface area contributed by atoms with Crippen LogP contribution in [-0.4, -0.2) is 30.2 Å². The summed E-state index contributed by atoms with van der Waals surface area (Å²) >= 11 is 0. The maximum atomic E-state index is 14.4. The standard InChI is InChI=1S/C38H45N3O4/c1-23(2)27-21-38-19-16-28-36(3,17-11-18-37(28,4)30(42)22-39-35(45)40-24-12-7-5-8-13-24)29(38)20-26(27)31-32(38)34(44)41(33(31)43)25-14-9-6-10-15-25/h5-10,12-15,21,23,26,28-29,31-32H,11,16-20,22H2,1-4H3,(H2,39,40,45). The molecule has 0 radical (unpaired) electrons. The lowest BCUT2D eigenvalue weighted by molar-refractivity contribution is -0.185. The van der Waals surface area contributed by atoms with E-state index in [1.54, 1.807) is 0 Å². The summed E-state index contributed by atoms with van der Waals surface area (Å²) in [4.78, 5) is 56.8. The summed E-state index contributed by atoms with van der Waals surface area (Å²) in [5.74, 6) is 0.0170. The third kappa shape index (κ3) is 4.36. The zero-order valence-electron chi connectivity index (χ0n) is 26.8. The molecule has 1 aliphatic heterocycles. The van der Waals surface area contributed by atoms with Gasteiger partial charge >= 0.3 is 6.03 Å². The fraction of sp³-hybridized carbons (Fsp3) is 0.526. The number of hydrogen-bond donors (Lipinski definition) is 2. The van der Waals surface area contributed by atoms with Crippen molar-refractivity contribution in [1.82, 2.24) is 5.32 Å². The lowest BCUT2D eigenvalue weighted by atomic mass is 9.34. The van der Waals surface area contributed by atoms with Gasteiger partial charge in [0.05, 0.1) is 24.1 Å². The van der Waals surface area contributed by atoms with Crippen LogP contribution in [0.2, 0.25) is 0 Å². The number of benzene rings is 2. The first-order valence-corrected chi connectivity index (χ1v) is 16.8. The van der Waals surface area contributed by atoms with E-state index in [1.807, 2.05) is 60.7 Å². The average molecular weight is 608 g/mol.